The van der Waals surface area contributed by atoms with Gasteiger partial charge in [0.05, 0.1) is 24.7 Å². The van der Waals surface area contributed by atoms with E-state index in [1.165, 1.54) is 12.1 Å². The monoisotopic (exact) mass is 513 g/mol. The zero-order valence-electron chi connectivity index (χ0n) is 21.4. The molecule has 1 saturated carbocycles. The zero-order chi connectivity index (χ0) is 26.6. The molecule has 0 amide bonds. The van der Waals surface area contributed by atoms with Gasteiger partial charge in [-0.15, -0.1) is 8.78 Å². The van der Waals surface area contributed by atoms with Crippen molar-refractivity contribution < 1.29 is 33.3 Å². The van der Waals surface area contributed by atoms with E-state index < -0.39 is 17.8 Å². The minimum atomic E-state index is -3.67. The molecule has 0 radical (unpaired) electrons. The van der Waals surface area contributed by atoms with Crippen molar-refractivity contribution in [2.24, 2.45) is 0 Å². The Bertz CT molecular complexity index is 1340. The number of carbonyl (C=O) groups is 1. The molecule has 198 valence electrons. The van der Waals surface area contributed by atoms with Crippen molar-refractivity contribution in [3.8, 4) is 11.5 Å². The molecule has 1 aromatic heterocycles. The quantitative estimate of drug-likeness (QED) is 0.409. The summed E-state index contributed by atoms with van der Waals surface area (Å²) in [5.41, 5.74) is 3.16. The summed E-state index contributed by atoms with van der Waals surface area (Å²) >= 11 is 0. The number of carbonyl (C=O) groups excluding carboxylic acids is 1. The van der Waals surface area contributed by atoms with Gasteiger partial charge in [-0.3, -0.25) is 4.79 Å². The normalized spacial score (nSPS) is 18.2. The molecule has 1 aliphatic heterocycles. The van der Waals surface area contributed by atoms with E-state index in [4.69, 9.17) is 0 Å². The molecular weight excluding hydrogens is 480 g/mol. The molecule has 1 fully saturated rings. The van der Waals surface area contributed by atoms with Crippen molar-refractivity contribution in [2.75, 3.05) is 6.61 Å². The highest BCUT2D eigenvalue weighted by molar-refractivity contribution is 5.93. The average molecular weight is 514 g/mol. The number of Topliss-reactive ketones (excluding diaryl/α,β-unsaturated/α-hetero) is 1. The molecule has 2 heterocycles. The van der Waals surface area contributed by atoms with Gasteiger partial charge in [0.2, 0.25) is 0 Å². The number of ether oxygens (including phenoxy) is 2. The number of hydrogen-bond acceptors (Lipinski definition) is 5. The lowest BCUT2D eigenvalue weighted by Crippen LogP contribution is -2.26. The summed E-state index contributed by atoms with van der Waals surface area (Å²) in [6.07, 6.45) is -1.27. The van der Waals surface area contributed by atoms with Crippen molar-refractivity contribution in [3.05, 3.63) is 59.3 Å². The highest BCUT2D eigenvalue weighted by atomic mass is 19.3. The van der Waals surface area contributed by atoms with Crippen LogP contribution in [0, 0.1) is 0 Å². The highest BCUT2D eigenvalue weighted by Gasteiger charge is 2.51. The zero-order valence-corrected chi connectivity index (χ0v) is 21.4. The second-order valence-electron chi connectivity index (χ2n) is 11.3. The molecule has 8 heteroatoms. The Balaban J connectivity index is 1.27. The van der Waals surface area contributed by atoms with Gasteiger partial charge < -0.3 is 24.3 Å². The summed E-state index contributed by atoms with van der Waals surface area (Å²) in [7, 11) is 0. The maximum absolute atomic E-state index is 13.4. The first-order valence-electron chi connectivity index (χ1n) is 12.8. The molecule has 0 spiro atoms. The Morgan fingerprint density at radius 3 is 2.49 bits per heavy atom. The lowest BCUT2D eigenvalue weighted by molar-refractivity contribution is -0.286. The molecule has 0 bridgehead atoms. The predicted molar refractivity (Wildman–Crippen MR) is 135 cm³/mol. The van der Waals surface area contributed by atoms with Crippen molar-refractivity contribution in [3.63, 3.8) is 0 Å². The van der Waals surface area contributed by atoms with Gasteiger partial charge in [0.1, 0.15) is 5.78 Å². The SMILES string of the molecule is CC(C)(C)c1cc2cc(CCCC(=O)C3(c4ccc5c(c4)OC(F)(F)O5)CC3)ccc2n1C[C@@H](O)CO. The van der Waals surface area contributed by atoms with Crippen LogP contribution in [-0.2, 0) is 28.6 Å². The largest absolute Gasteiger partial charge is 0.586 e. The first kappa shape index (κ1) is 25.7. The van der Waals surface area contributed by atoms with Crippen LogP contribution in [0.5, 0.6) is 11.5 Å². The second-order valence-corrected chi connectivity index (χ2v) is 11.3. The van der Waals surface area contributed by atoms with Crippen LogP contribution >= 0.6 is 0 Å². The molecule has 1 aliphatic carbocycles. The van der Waals surface area contributed by atoms with Crippen LogP contribution in [0.3, 0.4) is 0 Å². The fourth-order valence-electron chi connectivity index (χ4n) is 5.35. The van der Waals surface area contributed by atoms with Gasteiger partial charge in [-0.25, -0.2) is 0 Å². The summed E-state index contributed by atoms with van der Waals surface area (Å²) in [5, 5.41) is 20.5. The van der Waals surface area contributed by atoms with E-state index in [2.05, 4.69) is 46.9 Å². The molecule has 0 saturated heterocycles. The minimum absolute atomic E-state index is 0.0123. The molecule has 1 atom stereocenters. The van der Waals surface area contributed by atoms with Gasteiger partial charge in [-0.1, -0.05) is 32.9 Å². The maximum Gasteiger partial charge on any atom is 0.586 e. The number of alkyl halides is 2. The van der Waals surface area contributed by atoms with E-state index in [9.17, 15) is 23.8 Å². The van der Waals surface area contributed by atoms with E-state index in [1.807, 2.05) is 12.1 Å². The molecule has 2 aliphatic rings. The number of aliphatic hydroxyl groups is 2. The molecule has 2 aromatic carbocycles. The maximum atomic E-state index is 13.4. The molecule has 6 nitrogen and oxygen atoms in total. The van der Waals surface area contributed by atoms with E-state index >= 15 is 0 Å². The summed E-state index contributed by atoms with van der Waals surface area (Å²) in [6.45, 7) is 6.38. The fraction of sp³-hybridized carbons (Fsp3) is 0.483. The highest BCUT2D eigenvalue weighted by Crippen LogP contribution is 2.53. The minimum Gasteiger partial charge on any atom is -0.395 e. The van der Waals surface area contributed by atoms with Crippen LogP contribution in [-0.4, -0.2) is 39.6 Å². The molecular formula is C29H33F2NO5. The van der Waals surface area contributed by atoms with E-state index in [0.717, 1.165) is 28.6 Å². The third kappa shape index (κ3) is 4.97. The summed E-state index contributed by atoms with van der Waals surface area (Å²) in [4.78, 5) is 13.2. The van der Waals surface area contributed by atoms with Crippen LogP contribution in [0.2, 0.25) is 0 Å². The number of rotatable bonds is 9. The standard InChI is InChI=1S/C29H33F2NO5/c1-27(2,3)25-14-19-13-18(7-9-22(19)32(25)16-21(34)17-33)5-4-6-26(35)28(11-12-28)20-8-10-23-24(15-20)37-29(30,31)36-23/h7-10,13-15,21,33-34H,4-6,11-12,16-17H2,1-3H3/t21-/m1/s1. The van der Waals surface area contributed by atoms with Crippen molar-refractivity contribution in [1.82, 2.24) is 4.57 Å². The third-order valence-electron chi connectivity index (χ3n) is 7.45. The van der Waals surface area contributed by atoms with Gasteiger partial charge >= 0.3 is 6.29 Å². The second kappa shape index (κ2) is 9.10. The number of benzene rings is 2. The van der Waals surface area contributed by atoms with E-state index in [1.54, 1.807) is 6.07 Å². The Kier molecular flexibility index (Phi) is 6.31. The fourth-order valence-corrected chi connectivity index (χ4v) is 5.35. The number of halogens is 2. The van der Waals surface area contributed by atoms with Crippen molar-refractivity contribution >= 4 is 16.7 Å². The summed E-state index contributed by atoms with van der Waals surface area (Å²) in [5.74, 6) is 0.0861. The first-order valence-corrected chi connectivity index (χ1v) is 12.8. The summed E-state index contributed by atoms with van der Waals surface area (Å²) in [6, 6.07) is 13.0. The Labute approximate surface area is 214 Å². The smallest absolute Gasteiger partial charge is 0.395 e. The van der Waals surface area contributed by atoms with Gasteiger partial charge in [-0.2, -0.15) is 0 Å². The van der Waals surface area contributed by atoms with Gasteiger partial charge in [0.15, 0.2) is 11.5 Å². The number of ketones is 1. The lowest BCUT2D eigenvalue weighted by atomic mass is 9.88. The van der Waals surface area contributed by atoms with Crippen LogP contribution < -0.4 is 9.47 Å². The third-order valence-corrected chi connectivity index (χ3v) is 7.45. The number of aliphatic hydroxyl groups excluding tert-OH is 2. The number of aryl methyl sites for hydroxylation is 1. The predicted octanol–water partition coefficient (Wildman–Crippen LogP) is 5.24. The van der Waals surface area contributed by atoms with Crippen molar-refractivity contribution in [2.45, 2.75) is 82.6 Å². The van der Waals surface area contributed by atoms with Crippen LogP contribution in [0.15, 0.2) is 42.5 Å². The van der Waals surface area contributed by atoms with Crippen molar-refractivity contribution in [1.29, 1.82) is 0 Å². The van der Waals surface area contributed by atoms with E-state index in [0.29, 0.717) is 37.8 Å². The number of aromatic nitrogens is 1. The average Bonchev–Trinajstić information content (AvgIpc) is 3.47. The summed E-state index contributed by atoms with van der Waals surface area (Å²) < 4.78 is 37.9. The Morgan fingerprint density at radius 1 is 1.08 bits per heavy atom. The number of nitrogens with zero attached hydrogens (tertiary/aromatic N) is 1. The lowest BCUT2D eigenvalue weighted by Gasteiger charge is -2.23. The molecule has 0 unspecified atom stereocenters. The molecule has 3 aromatic rings. The van der Waals surface area contributed by atoms with Gasteiger partial charge in [0.25, 0.3) is 0 Å². The van der Waals surface area contributed by atoms with Crippen LogP contribution in [0.4, 0.5) is 8.78 Å². The molecule has 2 N–H and O–H groups in total. The van der Waals surface area contributed by atoms with Crippen LogP contribution in [0.1, 0.15) is 63.3 Å². The van der Waals surface area contributed by atoms with Gasteiger partial charge in [0, 0.05) is 28.4 Å². The number of fused-ring (bicyclic) bond motifs is 2. The van der Waals surface area contributed by atoms with Crippen LogP contribution in [0.25, 0.3) is 10.9 Å². The van der Waals surface area contributed by atoms with Gasteiger partial charge in [-0.05, 0) is 67.1 Å². The van der Waals surface area contributed by atoms with E-state index in [-0.39, 0.29) is 29.3 Å². The first-order chi connectivity index (χ1) is 17.4. The molecule has 5 rings (SSSR count). The Hall–Kier alpha value is -2.97. The number of hydrogen-bond donors (Lipinski definition) is 2. The Morgan fingerprint density at radius 2 is 1.81 bits per heavy atom. The molecule has 37 heavy (non-hydrogen) atoms. The topological polar surface area (TPSA) is 80.9 Å².